The quantitative estimate of drug-likeness (QED) is 0.711. The molecule has 0 unspecified atom stereocenters. The maximum atomic E-state index is 12.4. The fourth-order valence-corrected chi connectivity index (χ4v) is 3.47. The first kappa shape index (κ1) is 18.1. The Morgan fingerprint density at radius 1 is 1.27 bits per heavy atom. The van der Waals surface area contributed by atoms with E-state index in [1.807, 2.05) is 56.5 Å². The van der Waals surface area contributed by atoms with E-state index in [0.29, 0.717) is 16.2 Å². The number of carbonyl (C=O) groups excluding carboxylic acids is 1. The van der Waals surface area contributed by atoms with Crippen molar-refractivity contribution in [3.8, 4) is 11.1 Å². The number of carbonyl (C=O) groups is 1. The summed E-state index contributed by atoms with van der Waals surface area (Å²) in [5, 5.41) is 1.93. The first-order valence-corrected chi connectivity index (χ1v) is 9.12. The highest BCUT2D eigenvalue weighted by Gasteiger charge is 2.20. The maximum absolute atomic E-state index is 12.4. The summed E-state index contributed by atoms with van der Waals surface area (Å²) < 4.78 is 5.90. The van der Waals surface area contributed by atoms with Crippen molar-refractivity contribution >= 4 is 33.5 Å². The number of aromatic amines is 1. The minimum Gasteiger partial charge on any atom is -0.459 e. The second-order valence-electron chi connectivity index (χ2n) is 7.03. The molecule has 0 aliphatic heterocycles. The van der Waals surface area contributed by atoms with Gasteiger partial charge in [0.05, 0.1) is 5.52 Å². The molecule has 0 radical (unpaired) electrons. The van der Waals surface area contributed by atoms with E-state index in [9.17, 15) is 9.59 Å². The Kier molecular flexibility index (Phi) is 4.82. The molecule has 0 atom stereocenters. The van der Waals surface area contributed by atoms with Crippen LogP contribution in [0.3, 0.4) is 0 Å². The van der Waals surface area contributed by atoms with Crippen molar-refractivity contribution in [2.45, 2.75) is 26.4 Å². The molecule has 1 aromatic carbocycles. The van der Waals surface area contributed by atoms with E-state index in [-0.39, 0.29) is 18.1 Å². The molecular formula is C19H21N3O3S. The van der Waals surface area contributed by atoms with Crippen molar-refractivity contribution in [2.75, 3.05) is 18.5 Å². The van der Waals surface area contributed by atoms with Gasteiger partial charge in [-0.05, 0) is 26.3 Å². The second kappa shape index (κ2) is 6.92. The highest BCUT2D eigenvalue weighted by atomic mass is 32.1. The van der Waals surface area contributed by atoms with Crippen LogP contribution in [0.5, 0.6) is 0 Å². The van der Waals surface area contributed by atoms with Gasteiger partial charge in [-0.1, -0.05) is 30.3 Å². The Bertz CT molecular complexity index is 987. The number of anilines is 1. The van der Waals surface area contributed by atoms with Crippen molar-refractivity contribution in [3.05, 3.63) is 46.1 Å². The van der Waals surface area contributed by atoms with E-state index < -0.39 is 5.60 Å². The molecule has 6 nitrogen and oxygen atoms in total. The molecule has 2 aromatic heterocycles. The number of thiophene rings is 1. The van der Waals surface area contributed by atoms with Crippen LogP contribution in [-0.2, 0) is 9.53 Å². The first-order valence-electron chi connectivity index (χ1n) is 8.24. The number of hydrogen-bond donors (Lipinski definition) is 1. The molecular weight excluding hydrogens is 350 g/mol. The van der Waals surface area contributed by atoms with Crippen LogP contribution in [0.15, 0.2) is 40.5 Å². The van der Waals surface area contributed by atoms with Gasteiger partial charge in [-0.25, -0.2) is 4.98 Å². The topological polar surface area (TPSA) is 75.3 Å². The molecule has 136 valence electrons. The first-order chi connectivity index (χ1) is 12.2. The third kappa shape index (κ3) is 3.94. The summed E-state index contributed by atoms with van der Waals surface area (Å²) >= 11 is 1.36. The zero-order valence-corrected chi connectivity index (χ0v) is 16.0. The van der Waals surface area contributed by atoms with Gasteiger partial charge in [0.2, 0.25) is 5.95 Å². The second-order valence-corrected chi connectivity index (χ2v) is 7.90. The van der Waals surface area contributed by atoms with E-state index in [0.717, 1.165) is 11.1 Å². The lowest BCUT2D eigenvalue weighted by molar-refractivity contribution is -0.152. The van der Waals surface area contributed by atoms with Crippen LogP contribution in [0.1, 0.15) is 20.8 Å². The minimum absolute atomic E-state index is 0.00345. The SMILES string of the molecule is CN(CC(=O)OC(C)(C)C)c1nc2c(-c3ccccc3)csc2c(=O)[nH]1. The predicted octanol–water partition coefficient (Wildman–Crippen LogP) is 3.43. The monoisotopic (exact) mass is 371 g/mol. The van der Waals surface area contributed by atoms with E-state index in [2.05, 4.69) is 9.97 Å². The molecule has 0 saturated heterocycles. The molecule has 0 fully saturated rings. The van der Waals surface area contributed by atoms with Crippen molar-refractivity contribution in [3.63, 3.8) is 0 Å². The van der Waals surface area contributed by atoms with Crippen molar-refractivity contribution < 1.29 is 9.53 Å². The van der Waals surface area contributed by atoms with E-state index in [4.69, 9.17) is 4.74 Å². The average Bonchev–Trinajstić information content (AvgIpc) is 2.98. The Morgan fingerprint density at radius 3 is 2.62 bits per heavy atom. The van der Waals surface area contributed by atoms with E-state index >= 15 is 0 Å². The summed E-state index contributed by atoms with van der Waals surface area (Å²) in [5.41, 5.74) is 1.77. The van der Waals surface area contributed by atoms with Crippen molar-refractivity contribution in [2.24, 2.45) is 0 Å². The van der Waals surface area contributed by atoms with Crippen LogP contribution >= 0.6 is 11.3 Å². The van der Waals surface area contributed by atoms with Gasteiger partial charge in [0.15, 0.2) is 0 Å². The van der Waals surface area contributed by atoms with Gasteiger partial charge >= 0.3 is 5.97 Å². The molecule has 0 aliphatic rings. The minimum atomic E-state index is -0.559. The summed E-state index contributed by atoms with van der Waals surface area (Å²) in [6.45, 7) is 5.44. The Balaban J connectivity index is 1.95. The average molecular weight is 371 g/mol. The molecule has 2 heterocycles. The molecule has 3 aromatic rings. The molecule has 0 spiro atoms. The molecule has 0 saturated carbocycles. The summed E-state index contributed by atoms with van der Waals surface area (Å²) in [5.74, 6) is -0.0414. The lowest BCUT2D eigenvalue weighted by atomic mass is 10.1. The molecule has 0 bridgehead atoms. The lowest BCUT2D eigenvalue weighted by Gasteiger charge is -2.22. The molecule has 26 heavy (non-hydrogen) atoms. The highest BCUT2D eigenvalue weighted by molar-refractivity contribution is 7.17. The number of rotatable bonds is 4. The summed E-state index contributed by atoms with van der Waals surface area (Å²) in [6, 6.07) is 9.80. The zero-order valence-electron chi connectivity index (χ0n) is 15.2. The fourth-order valence-electron chi connectivity index (χ4n) is 2.56. The zero-order chi connectivity index (χ0) is 18.9. The van der Waals surface area contributed by atoms with Crippen LogP contribution in [0, 0.1) is 0 Å². The van der Waals surface area contributed by atoms with E-state index in [1.165, 1.54) is 11.3 Å². The number of benzene rings is 1. The third-order valence-corrected chi connectivity index (χ3v) is 4.61. The number of nitrogens with zero attached hydrogens (tertiary/aromatic N) is 2. The highest BCUT2D eigenvalue weighted by Crippen LogP contribution is 2.31. The normalized spacial score (nSPS) is 11.5. The number of esters is 1. The molecule has 0 amide bonds. The van der Waals surface area contributed by atoms with Gasteiger partial charge in [-0.15, -0.1) is 11.3 Å². The van der Waals surface area contributed by atoms with Gasteiger partial charge in [-0.3, -0.25) is 14.6 Å². The van der Waals surface area contributed by atoms with Gasteiger partial charge in [0.25, 0.3) is 5.56 Å². The maximum Gasteiger partial charge on any atom is 0.326 e. The largest absolute Gasteiger partial charge is 0.459 e. The Labute approximate surface area is 155 Å². The molecule has 1 N–H and O–H groups in total. The lowest BCUT2D eigenvalue weighted by Crippen LogP contribution is -2.34. The number of likely N-dealkylation sites (N-methyl/N-ethyl adjacent to an activating group) is 1. The standard InChI is InChI=1S/C19H21N3O3S/c1-19(2,3)25-14(23)10-22(4)18-20-15-13(12-8-6-5-7-9-12)11-26-16(15)17(24)21-18/h5-9,11H,10H2,1-4H3,(H,20,21,24). The van der Waals surface area contributed by atoms with Gasteiger partial charge in [-0.2, -0.15) is 0 Å². The third-order valence-electron chi connectivity index (χ3n) is 3.65. The van der Waals surface area contributed by atoms with Crippen LogP contribution < -0.4 is 10.5 Å². The number of hydrogen-bond acceptors (Lipinski definition) is 6. The summed E-state index contributed by atoms with van der Waals surface area (Å²) in [4.78, 5) is 33.4. The summed E-state index contributed by atoms with van der Waals surface area (Å²) in [7, 11) is 1.70. The van der Waals surface area contributed by atoms with Gasteiger partial charge < -0.3 is 9.64 Å². The fraction of sp³-hybridized carbons (Fsp3) is 0.316. The number of nitrogens with one attached hydrogen (secondary N) is 1. The summed E-state index contributed by atoms with van der Waals surface area (Å²) in [6.07, 6.45) is 0. The van der Waals surface area contributed by atoms with Crippen molar-refractivity contribution in [1.82, 2.24) is 9.97 Å². The van der Waals surface area contributed by atoms with Crippen LogP contribution in [-0.4, -0.2) is 35.1 Å². The van der Waals surface area contributed by atoms with Gasteiger partial charge in [0.1, 0.15) is 16.8 Å². The smallest absolute Gasteiger partial charge is 0.326 e. The Hall–Kier alpha value is -2.67. The number of ether oxygens (including phenoxy) is 1. The number of fused-ring (bicyclic) bond motifs is 1. The van der Waals surface area contributed by atoms with Crippen molar-refractivity contribution in [1.29, 1.82) is 0 Å². The number of H-pyrrole nitrogens is 1. The Morgan fingerprint density at radius 2 is 1.96 bits per heavy atom. The van der Waals surface area contributed by atoms with Crippen LogP contribution in [0.2, 0.25) is 0 Å². The molecule has 7 heteroatoms. The van der Waals surface area contributed by atoms with Crippen LogP contribution in [0.25, 0.3) is 21.3 Å². The molecule has 0 aliphatic carbocycles. The van der Waals surface area contributed by atoms with E-state index in [1.54, 1.807) is 11.9 Å². The number of aromatic nitrogens is 2. The van der Waals surface area contributed by atoms with Crippen LogP contribution in [0.4, 0.5) is 5.95 Å². The van der Waals surface area contributed by atoms with Gasteiger partial charge in [0, 0.05) is 18.0 Å². The molecule has 3 rings (SSSR count). The predicted molar refractivity (Wildman–Crippen MR) is 105 cm³/mol.